The van der Waals surface area contributed by atoms with Crippen LogP contribution in [0.4, 0.5) is 5.69 Å². The summed E-state index contributed by atoms with van der Waals surface area (Å²) in [6.07, 6.45) is 0.905. The van der Waals surface area contributed by atoms with Crippen LogP contribution in [0.25, 0.3) is 5.57 Å². The van der Waals surface area contributed by atoms with Crippen LogP contribution >= 0.6 is 11.6 Å². The van der Waals surface area contributed by atoms with Gasteiger partial charge in [-0.1, -0.05) is 44.5 Å². The maximum absolute atomic E-state index is 13.2. The van der Waals surface area contributed by atoms with Gasteiger partial charge in [0, 0.05) is 12.2 Å². The minimum atomic E-state index is -0.355. The first-order chi connectivity index (χ1) is 14.8. The number of hydrogen-bond acceptors (Lipinski definition) is 5. The van der Waals surface area contributed by atoms with E-state index in [1.807, 2.05) is 32.9 Å². The van der Waals surface area contributed by atoms with Gasteiger partial charge in [0.25, 0.3) is 11.8 Å². The molecule has 0 unspecified atom stereocenters. The Morgan fingerprint density at radius 1 is 1.06 bits per heavy atom. The molecule has 6 nitrogen and oxygen atoms in total. The fourth-order valence-electron chi connectivity index (χ4n) is 3.32. The summed E-state index contributed by atoms with van der Waals surface area (Å²) in [5.41, 5.74) is 1.80. The highest BCUT2D eigenvalue weighted by Crippen LogP contribution is 2.34. The number of carbonyl (C=O) groups is 2. The second-order valence-electron chi connectivity index (χ2n) is 7.71. The van der Waals surface area contributed by atoms with Gasteiger partial charge in [-0.05, 0) is 48.2 Å². The third-order valence-electron chi connectivity index (χ3n) is 4.75. The summed E-state index contributed by atoms with van der Waals surface area (Å²) in [6.45, 7) is 6.93. The molecule has 0 radical (unpaired) electrons. The SMILES string of the molecule is CCCOc1ccc(C2=C(Nc3ccc(OC)c(Cl)c3)C(=O)N(CC(C)C)C2=O)cc1. The van der Waals surface area contributed by atoms with E-state index in [-0.39, 0.29) is 23.4 Å². The maximum atomic E-state index is 13.2. The van der Waals surface area contributed by atoms with Crippen molar-refractivity contribution in [2.24, 2.45) is 5.92 Å². The minimum absolute atomic E-state index is 0.147. The number of halogens is 1. The molecule has 0 saturated heterocycles. The van der Waals surface area contributed by atoms with E-state index in [1.54, 1.807) is 30.3 Å². The van der Waals surface area contributed by atoms with Crippen LogP contribution in [0.3, 0.4) is 0 Å². The molecule has 1 N–H and O–H groups in total. The lowest BCUT2D eigenvalue weighted by atomic mass is 10.0. The van der Waals surface area contributed by atoms with Gasteiger partial charge in [0.1, 0.15) is 17.2 Å². The fraction of sp³-hybridized carbons (Fsp3) is 0.333. The Balaban J connectivity index is 2.00. The van der Waals surface area contributed by atoms with Crippen LogP contribution in [-0.2, 0) is 9.59 Å². The number of benzene rings is 2. The van der Waals surface area contributed by atoms with Gasteiger partial charge in [-0.25, -0.2) is 0 Å². The van der Waals surface area contributed by atoms with Crippen LogP contribution < -0.4 is 14.8 Å². The average molecular weight is 443 g/mol. The number of methoxy groups -OCH3 is 1. The molecule has 0 aliphatic carbocycles. The molecule has 0 fully saturated rings. The molecule has 2 aromatic rings. The molecule has 31 heavy (non-hydrogen) atoms. The molecule has 1 heterocycles. The zero-order valence-corrected chi connectivity index (χ0v) is 19.0. The van der Waals surface area contributed by atoms with E-state index in [9.17, 15) is 9.59 Å². The number of ether oxygens (including phenoxy) is 2. The molecular weight excluding hydrogens is 416 g/mol. The van der Waals surface area contributed by atoms with Gasteiger partial charge >= 0.3 is 0 Å². The molecule has 164 valence electrons. The highest BCUT2D eigenvalue weighted by molar-refractivity contribution is 6.36. The van der Waals surface area contributed by atoms with E-state index in [0.717, 1.165) is 12.2 Å². The van der Waals surface area contributed by atoms with Gasteiger partial charge < -0.3 is 14.8 Å². The number of rotatable bonds is 9. The fourth-order valence-corrected chi connectivity index (χ4v) is 3.57. The van der Waals surface area contributed by atoms with Crippen LogP contribution in [0.15, 0.2) is 48.2 Å². The van der Waals surface area contributed by atoms with Crippen molar-refractivity contribution >= 4 is 34.7 Å². The molecule has 1 aliphatic rings. The molecule has 0 spiro atoms. The highest BCUT2D eigenvalue weighted by Gasteiger charge is 2.39. The normalized spacial score (nSPS) is 13.9. The predicted molar refractivity (Wildman–Crippen MR) is 122 cm³/mol. The zero-order valence-electron chi connectivity index (χ0n) is 18.2. The summed E-state index contributed by atoms with van der Waals surface area (Å²) in [4.78, 5) is 27.7. The average Bonchev–Trinajstić information content (AvgIpc) is 2.97. The number of nitrogens with one attached hydrogen (secondary N) is 1. The van der Waals surface area contributed by atoms with Crippen molar-refractivity contribution in [3.05, 3.63) is 58.7 Å². The molecule has 3 rings (SSSR count). The molecule has 2 aromatic carbocycles. The van der Waals surface area contributed by atoms with E-state index in [2.05, 4.69) is 5.32 Å². The van der Waals surface area contributed by atoms with Gasteiger partial charge in [-0.15, -0.1) is 0 Å². The summed E-state index contributed by atoms with van der Waals surface area (Å²) < 4.78 is 10.8. The van der Waals surface area contributed by atoms with E-state index in [0.29, 0.717) is 40.7 Å². The molecule has 1 aliphatic heterocycles. The molecule has 0 atom stereocenters. The summed E-state index contributed by atoms with van der Waals surface area (Å²) in [5.74, 6) is 0.724. The topological polar surface area (TPSA) is 67.9 Å². The highest BCUT2D eigenvalue weighted by atomic mass is 35.5. The molecule has 7 heteroatoms. The lowest BCUT2D eigenvalue weighted by Gasteiger charge is -2.17. The largest absolute Gasteiger partial charge is 0.495 e. The van der Waals surface area contributed by atoms with Gasteiger partial charge in [-0.3, -0.25) is 14.5 Å². The first-order valence-corrected chi connectivity index (χ1v) is 10.7. The first kappa shape index (κ1) is 22.7. The summed E-state index contributed by atoms with van der Waals surface area (Å²) in [7, 11) is 1.53. The number of amides is 2. The van der Waals surface area contributed by atoms with Crippen LogP contribution in [-0.4, -0.2) is 37.0 Å². The van der Waals surface area contributed by atoms with Gasteiger partial charge in [0.15, 0.2) is 0 Å². The van der Waals surface area contributed by atoms with Crippen molar-refractivity contribution in [3.63, 3.8) is 0 Å². The first-order valence-electron chi connectivity index (χ1n) is 10.3. The van der Waals surface area contributed by atoms with Crippen LogP contribution in [0.5, 0.6) is 11.5 Å². The number of anilines is 1. The molecule has 2 amide bonds. The van der Waals surface area contributed by atoms with Crippen LogP contribution in [0.1, 0.15) is 32.8 Å². The van der Waals surface area contributed by atoms with Crippen molar-refractivity contribution in [2.75, 3.05) is 25.6 Å². The lowest BCUT2D eigenvalue weighted by molar-refractivity contribution is -0.137. The summed E-state index contributed by atoms with van der Waals surface area (Å²) in [5, 5.41) is 3.52. The monoisotopic (exact) mass is 442 g/mol. The quantitative estimate of drug-likeness (QED) is 0.554. The van der Waals surface area contributed by atoms with E-state index >= 15 is 0 Å². The molecule has 0 bridgehead atoms. The number of nitrogens with zero attached hydrogens (tertiary/aromatic N) is 1. The van der Waals surface area contributed by atoms with Crippen molar-refractivity contribution in [3.8, 4) is 11.5 Å². The number of carbonyl (C=O) groups excluding carboxylic acids is 2. The molecular formula is C24H27ClN2O4. The summed E-state index contributed by atoms with van der Waals surface area (Å²) in [6, 6.07) is 12.3. The lowest BCUT2D eigenvalue weighted by Crippen LogP contribution is -2.35. The predicted octanol–water partition coefficient (Wildman–Crippen LogP) is 4.99. The van der Waals surface area contributed by atoms with E-state index in [1.165, 1.54) is 12.0 Å². The standard InChI is InChI=1S/C24H27ClN2O4/c1-5-12-31-18-9-6-16(7-10-18)21-22(24(29)27(23(21)28)14-15(2)3)26-17-8-11-20(30-4)19(25)13-17/h6-11,13,15,26H,5,12,14H2,1-4H3. The van der Waals surface area contributed by atoms with Crippen LogP contribution in [0.2, 0.25) is 5.02 Å². The Hall–Kier alpha value is -2.99. The van der Waals surface area contributed by atoms with Gasteiger partial charge in [0.2, 0.25) is 0 Å². The second kappa shape index (κ2) is 9.88. The zero-order chi connectivity index (χ0) is 22.5. The molecule has 0 saturated carbocycles. The minimum Gasteiger partial charge on any atom is -0.495 e. The Labute approximate surface area is 187 Å². The second-order valence-corrected chi connectivity index (χ2v) is 8.12. The van der Waals surface area contributed by atoms with Crippen molar-refractivity contribution in [1.82, 2.24) is 4.90 Å². The number of imide groups is 1. The summed E-state index contributed by atoms with van der Waals surface area (Å²) >= 11 is 6.23. The smallest absolute Gasteiger partial charge is 0.278 e. The van der Waals surface area contributed by atoms with Gasteiger partial charge in [-0.2, -0.15) is 0 Å². The van der Waals surface area contributed by atoms with Crippen molar-refractivity contribution < 1.29 is 19.1 Å². The van der Waals surface area contributed by atoms with Crippen LogP contribution in [0, 0.1) is 5.92 Å². The number of hydrogen-bond donors (Lipinski definition) is 1. The van der Waals surface area contributed by atoms with Gasteiger partial charge in [0.05, 0.1) is 24.3 Å². The third kappa shape index (κ3) is 5.02. The Bertz CT molecular complexity index is 999. The van der Waals surface area contributed by atoms with Crippen molar-refractivity contribution in [1.29, 1.82) is 0 Å². The van der Waals surface area contributed by atoms with Crippen molar-refractivity contribution in [2.45, 2.75) is 27.2 Å². The van der Waals surface area contributed by atoms with E-state index in [4.69, 9.17) is 21.1 Å². The molecule has 0 aromatic heterocycles. The Morgan fingerprint density at radius 3 is 2.35 bits per heavy atom. The maximum Gasteiger partial charge on any atom is 0.278 e. The Morgan fingerprint density at radius 2 is 1.77 bits per heavy atom. The van der Waals surface area contributed by atoms with E-state index < -0.39 is 0 Å². The Kier molecular flexibility index (Phi) is 7.23. The third-order valence-corrected chi connectivity index (χ3v) is 5.05.